The molecular weight excluding hydrogens is 312 g/mol. The minimum Gasteiger partial charge on any atom is -0.471 e. The number of aromatic nitrogens is 1. The number of carbonyl (C=O) groups excluding carboxylic acids is 1. The molecule has 8 nitrogen and oxygen atoms in total. The van der Waals surface area contributed by atoms with Crippen molar-refractivity contribution in [3.05, 3.63) is 23.9 Å². The average Bonchev–Trinajstić information content (AvgIpc) is 2.98. The number of hydrazine groups is 3. The van der Waals surface area contributed by atoms with E-state index in [4.69, 9.17) is 0 Å². The summed E-state index contributed by atoms with van der Waals surface area (Å²) in [6.45, 7) is -1.50. The highest BCUT2D eigenvalue weighted by Gasteiger charge is 2.41. The van der Waals surface area contributed by atoms with Crippen LogP contribution in [-0.4, -0.2) is 36.1 Å². The van der Waals surface area contributed by atoms with Gasteiger partial charge in [0, 0.05) is 12.3 Å². The van der Waals surface area contributed by atoms with Crippen LogP contribution in [0.1, 0.15) is 10.4 Å². The Kier molecular flexibility index (Phi) is 5.07. The first-order valence-corrected chi connectivity index (χ1v) is 5.95. The number of rotatable bonds is 6. The monoisotopic (exact) mass is 324 g/mol. The number of halogens is 4. The van der Waals surface area contributed by atoms with E-state index in [0.717, 1.165) is 12.3 Å². The molecule has 0 bridgehead atoms. The van der Waals surface area contributed by atoms with Gasteiger partial charge in [0.1, 0.15) is 0 Å². The molecule has 0 atom stereocenters. The number of carbonyl (C=O) groups is 1. The Morgan fingerprint density at radius 3 is 2.59 bits per heavy atom. The van der Waals surface area contributed by atoms with E-state index in [1.54, 1.807) is 0 Å². The van der Waals surface area contributed by atoms with Crippen molar-refractivity contribution >= 4 is 5.91 Å². The smallest absolute Gasteiger partial charge is 0.340 e. The summed E-state index contributed by atoms with van der Waals surface area (Å²) < 4.78 is 53.7. The van der Waals surface area contributed by atoms with E-state index >= 15 is 0 Å². The molecule has 22 heavy (non-hydrogen) atoms. The Morgan fingerprint density at radius 1 is 1.36 bits per heavy atom. The first-order valence-electron chi connectivity index (χ1n) is 5.95. The van der Waals surface area contributed by atoms with E-state index in [1.165, 1.54) is 6.07 Å². The molecule has 0 aromatic carbocycles. The third-order valence-electron chi connectivity index (χ3n) is 2.50. The number of hydrogen-bond acceptors (Lipinski definition) is 7. The summed E-state index contributed by atoms with van der Waals surface area (Å²) in [4.78, 5) is 15.4. The van der Waals surface area contributed by atoms with E-state index in [0.29, 0.717) is 0 Å². The highest BCUT2D eigenvalue weighted by Crippen LogP contribution is 2.23. The zero-order valence-electron chi connectivity index (χ0n) is 10.9. The van der Waals surface area contributed by atoms with Crippen molar-refractivity contribution < 1.29 is 27.1 Å². The Bertz CT molecular complexity index is 509. The Labute approximate surface area is 121 Å². The maximum atomic E-state index is 12.7. The van der Waals surface area contributed by atoms with E-state index in [2.05, 4.69) is 37.0 Å². The van der Waals surface area contributed by atoms with Gasteiger partial charge in [-0.1, -0.05) is 0 Å². The van der Waals surface area contributed by atoms with Crippen LogP contribution in [0.4, 0.5) is 17.6 Å². The summed E-state index contributed by atoms with van der Waals surface area (Å²) in [6, 6.07) is 2.39. The molecule has 0 unspecified atom stereocenters. The van der Waals surface area contributed by atoms with Crippen molar-refractivity contribution in [1.82, 2.24) is 32.2 Å². The van der Waals surface area contributed by atoms with Gasteiger partial charge in [-0.2, -0.15) is 19.9 Å². The molecule has 1 fully saturated rings. The summed E-state index contributed by atoms with van der Waals surface area (Å²) in [5.74, 6) is -5.07. The Hall–Kier alpha value is -2.02. The molecule has 0 aliphatic carbocycles. The summed E-state index contributed by atoms with van der Waals surface area (Å²) in [5.41, 5.74) is 10.3. The molecule has 0 spiro atoms. The van der Waals surface area contributed by atoms with Gasteiger partial charge in [0.25, 0.3) is 5.91 Å². The van der Waals surface area contributed by atoms with Gasteiger partial charge < -0.3 is 10.1 Å². The van der Waals surface area contributed by atoms with Crippen molar-refractivity contribution in [2.45, 2.75) is 18.6 Å². The van der Waals surface area contributed by atoms with Crippen molar-refractivity contribution in [1.29, 1.82) is 0 Å². The number of alkyl halides is 4. The predicted octanol–water partition coefficient (Wildman–Crippen LogP) is -0.509. The molecule has 0 saturated carbocycles. The fourth-order valence-electron chi connectivity index (χ4n) is 1.37. The van der Waals surface area contributed by atoms with Crippen LogP contribution in [0.15, 0.2) is 18.3 Å². The first kappa shape index (κ1) is 16.4. The van der Waals surface area contributed by atoms with Crippen LogP contribution in [0, 0.1) is 0 Å². The van der Waals surface area contributed by atoms with Gasteiger partial charge in [-0.25, -0.2) is 24.6 Å². The molecule has 2 rings (SSSR count). The predicted molar refractivity (Wildman–Crippen MR) is 64.5 cm³/mol. The van der Waals surface area contributed by atoms with Crippen LogP contribution in [0.5, 0.6) is 5.88 Å². The summed E-state index contributed by atoms with van der Waals surface area (Å²) in [6.07, 6.45) is -3.33. The minimum atomic E-state index is -4.27. The van der Waals surface area contributed by atoms with Gasteiger partial charge >= 0.3 is 12.3 Å². The third kappa shape index (κ3) is 4.24. The fraction of sp³-hybridized carbons (Fsp3) is 0.400. The van der Waals surface area contributed by atoms with Gasteiger partial charge in [0.05, 0.1) is 5.56 Å². The molecule has 1 aromatic rings. The van der Waals surface area contributed by atoms with Crippen LogP contribution >= 0.6 is 0 Å². The largest absolute Gasteiger partial charge is 0.471 e. The van der Waals surface area contributed by atoms with Crippen molar-refractivity contribution in [3.63, 3.8) is 0 Å². The van der Waals surface area contributed by atoms with Crippen molar-refractivity contribution in [2.24, 2.45) is 0 Å². The van der Waals surface area contributed by atoms with Crippen LogP contribution in [0.25, 0.3) is 0 Å². The van der Waals surface area contributed by atoms with Crippen LogP contribution in [0.3, 0.4) is 0 Å². The molecule has 12 heteroatoms. The van der Waals surface area contributed by atoms with Gasteiger partial charge in [-0.05, 0) is 6.07 Å². The SMILES string of the molecule is O=C(NC1NNNN1)c1ccc(OCC(F)(F)C(F)F)nc1. The summed E-state index contributed by atoms with van der Waals surface area (Å²) in [5, 5.41) is 2.50. The maximum Gasteiger partial charge on any atom is 0.340 e. The molecule has 1 aliphatic rings. The van der Waals surface area contributed by atoms with E-state index < -0.39 is 31.2 Å². The molecule has 2 heterocycles. The molecular formula is C10H12F4N6O2. The lowest BCUT2D eigenvalue weighted by Gasteiger charge is -2.15. The zero-order chi connectivity index (χ0) is 16.2. The van der Waals surface area contributed by atoms with E-state index in [-0.39, 0.29) is 11.4 Å². The molecule has 1 saturated heterocycles. The van der Waals surface area contributed by atoms with Crippen LogP contribution in [-0.2, 0) is 0 Å². The molecule has 1 amide bonds. The molecule has 1 aromatic heterocycles. The lowest BCUT2D eigenvalue weighted by atomic mass is 10.2. The maximum absolute atomic E-state index is 12.7. The average molecular weight is 324 g/mol. The number of pyridine rings is 1. The van der Waals surface area contributed by atoms with Crippen LogP contribution < -0.4 is 32.0 Å². The van der Waals surface area contributed by atoms with Gasteiger partial charge in [0.15, 0.2) is 12.9 Å². The number of hydrogen-bond donors (Lipinski definition) is 5. The number of nitrogens with zero attached hydrogens (tertiary/aromatic N) is 1. The first-order chi connectivity index (χ1) is 10.4. The standard InChI is InChI=1S/C10H12F4N6O2/c11-8(12)10(13,14)4-22-6-2-1-5(3-15-6)7(21)16-9-17-19-20-18-9/h1-3,8-9,17-20H,4H2,(H,16,21). The molecule has 5 N–H and O–H groups in total. The second-order valence-electron chi connectivity index (χ2n) is 4.18. The summed E-state index contributed by atoms with van der Waals surface area (Å²) >= 11 is 0. The van der Waals surface area contributed by atoms with E-state index in [1.807, 2.05) is 0 Å². The Morgan fingerprint density at radius 2 is 2.05 bits per heavy atom. The van der Waals surface area contributed by atoms with Gasteiger partial charge in [0.2, 0.25) is 5.88 Å². The van der Waals surface area contributed by atoms with Crippen molar-refractivity contribution in [2.75, 3.05) is 6.61 Å². The lowest BCUT2D eigenvalue weighted by Crippen LogP contribution is -2.49. The normalized spacial score (nSPS) is 16.0. The molecule has 122 valence electrons. The lowest BCUT2D eigenvalue weighted by molar-refractivity contribution is -0.148. The highest BCUT2D eigenvalue weighted by molar-refractivity contribution is 5.94. The second-order valence-corrected chi connectivity index (χ2v) is 4.18. The topological polar surface area (TPSA) is 99.3 Å². The van der Waals surface area contributed by atoms with Gasteiger partial charge in [-0.15, -0.1) is 0 Å². The fourth-order valence-corrected chi connectivity index (χ4v) is 1.37. The minimum absolute atomic E-state index is 0.128. The zero-order valence-corrected chi connectivity index (χ0v) is 10.9. The van der Waals surface area contributed by atoms with Crippen molar-refractivity contribution in [3.8, 4) is 5.88 Å². The van der Waals surface area contributed by atoms with Gasteiger partial charge in [-0.3, -0.25) is 4.79 Å². The van der Waals surface area contributed by atoms with Crippen LogP contribution in [0.2, 0.25) is 0 Å². The summed E-state index contributed by atoms with van der Waals surface area (Å²) in [7, 11) is 0. The quantitative estimate of drug-likeness (QED) is 0.450. The highest BCUT2D eigenvalue weighted by atomic mass is 19.3. The number of amides is 1. The van der Waals surface area contributed by atoms with E-state index in [9.17, 15) is 22.4 Å². The third-order valence-corrected chi connectivity index (χ3v) is 2.50. The Balaban J connectivity index is 1.88. The number of nitrogens with one attached hydrogen (secondary N) is 5. The number of ether oxygens (including phenoxy) is 1. The second kappa shape index (κ2) is 6.83. The molecule has 0 radical (unpaired) electrons. The molecule has 1 aliphatic heterocycles.